The average Bonchev–Trinajstić information content (AvgIpc) is 2.43. The van der Waals surface area contributed by atoms with Gasteiger partial charge in [0.15, 0.2) is 5.79 Å². The Bertz CT molecular complexity index is 525. The SMILES string of the molecule is Cc1nc(C[N+](C)(C)C)c2c(c1O)COC(C)(C)OC2.[I-]. The first kappa shape index (κ1) is 18.6. The van der Waals surface area contributed by atoms with Gasteiger partial charge in [0.05, 0.1) is 40.1 Å². The second-order valence-electron chi connectivity index (χ2n) is 6.88. The fourth-order valence-corrected chi connectivity index (χ4v) is 2.30. The first-order valence-electron chi connectivity index (χ1n) is 6.87. The monoisotopic (exact) mass is 408 g/mol. The van der Waals surface area contributed by atoms with Crippen molar-refractivity contribution in [2.24, 2.45) is 0 Å². The number of hydrogen-bond donors (Lipinski definition) is 1. The van der Waals surface area contributed by atoms with Gasteiger partial charge in [-0.3, -0.25) is 0 Å². The summed E-state index contributed by atoms with van der Waals surface area (Å²) in [5.41, 5.74) is 3.40. The number of aryl methyl sites for hydroxylation is 1. The quantitative estimate of drug-likeness (QED) is 0.509. The molecule has 1 aromatic heterocycles. The Hall–Kier alpha value is -0.440. The van der Waals surface area contributed by atoms with Crippen LogP contribution >= 0.6 is 0 Å². The number of pyridine rings is 1. The Balaban J connectivity index is 0.00000220. The van der Waals surface area contributed by atoms with E-state index in [9.17, 15) is 5.11 Å². The molecule has 0 bridgehead atoms. The van der Waals surface area contributed by atoms with Crippen LogP contribution in [-0.4, -0.2) is 41.5 Å². The molecule has 2 heterocycles. The van der Waals surface area contributed by atoms with Gasteiger partial charge in [-0.25, -0.2) is 4.98 Å². The second-order valence-corrected chi connectivity index (χ2v) is 6.88. The van der Waals surface area contributed by atoms with E-state index in [1.807, 2.05) is 20.8 Å². The zero-order chi connectivity index (χ0) is 15.1. The summed E-state index contributed by atoms with van der Waals surface area (Å²) in [6.45, 7) is 7.14. The minimum absolute atomic E-state index is 0. The summed E-state index contributed by atoms with van der Waals surface area (Å²) in [6.07, 6.45) is 0. The molecule has 21 heavy (non-hydrogen) atoms. The molecule has 1 aromatic rings. The summed E-state index contributed by atoms with van der Waals surface area (Å²) in [5.74, 6) is -0.417. The molecular formula is C15H25IN2O3. The van der Waals surface area contributed by atoms with Gasteiger partial charge in [0.2, 0.25) is 0 Å². The van der Waals surface area contributed by atoms with Gasteiger partial charge in [-0.2, -0.15) is 0 Å². The van der Waals surface area contributed by atoms with Crippen LogP contribution in [0.25, 0.3) is 0 Å². The molecule has 1 aliphatic heterocycles. The van der Waals surface area contributed by atoms with E-state index >= 15 is 0 Å². The number of nitrogens with zero attached hydrogens (tertiary/aromatic N) is 2. The van der Waals surface area contributed by atoms with Crippen molar-refractivity contribution >= 4 is 0 Å². The molecule has 0 amide bonds. The molecule has 6 heteroatoms. The van der Waals surface area contributed by atoms with Crippen molar-refractivity contribution in [3.63, 3.8) is 0 Å². The fourth-order valence-electron chi connectivity index (χ4n) is 2.30. The maximum Gasteiger partial charge on any atom is 0.163 e. The largest absolute Gasteiger partial charge is 1.00 e. The van der Waals surface area contributed by atoms with E-state index in [2.05, 4.69) is 26.1 Å². The minimum atomic E-state index is -0.646. The van der Waals surface area contributed by atoms with Crippen molar-refractivity contribution in [3.8, 4) is 5.75 Å². The maximum atomic E-state index is 10.3. The lowest BCUT2D eigenvalue weighted by molar-refractivity contribution is -0.884. The van der Waals surface area contributed by atoms with Gasteiger partial charge in [0.25, 0.3) is 0 Å². The maximum absolute atomic E-state index is 10.3. The van der Waals surface area contributed by atoms with E-state index in [0.29, 0.717) is 18.9 Å². The number of ether oxygens (including phenoxy) is 2. The number of fused-ring (bicyclic) bond motifs is 1. The molecule has 0 unspecified atom stereocenters. The number of quaternary nitrogens is 1. The highest BCUT2D eigenvalue weighted by atomic mass is 127. The molecule has 0 atom stereocenters. The van der Waals surface area contributed by atoms with Gasteiger partial charge in [-0.05, 0) is 20.8 Å². The zero-order valence-electron chi connectivity index (χ0n) is 13.7. The van der Waals surface area contributed by atoms with E-state index < -0.39 is 5.79 Å². The van der Waals surface area contributed by atoms with Crippen LogP contribution in [0.1, 0.15) is 36.4 Å². The van der Waals surface area contributed by atoms with Crippen molar-refractivity contribution in [1.29, 1.82) is 0 Å². The van der Waals surface area contributed by atoms with E-state index in [1.165, 1.54) is 0 Å². The van der Waals surface area contributed by atoms with E-state index in [0.717, 1.165) is 27.8 Å². The van der Waals surface area contributed by atoms with Gasteiger partial charge in [-0.15, -0.1) is 0 Å². The van der Waals surface area contributed by atoms with Crippen LogP contribution in [0.4, 0.5) is 0 Å². The van der Waals surface area contributed by atoms with Crippen molar-refractivity contribution in [1.82, 2.24) is 4.98 Å². The van der Waals surface area contributed by atoms with E-state index in [4.69, 9.17) is 9.47 Å². The smallest absolute Gasteiger partial charge is 0.163 e. The fraction of sp³-hybridized carbons (Fsp3) is 0.667. The molecular weight excluding hydrogens is 383 g/mol. The number of aromatic hydroxyl groups is 1. The van der Waals surface area contributed by atoms with Crippen molar-refractivity contribution in [3.05, 3.63) is 22.5 Å². The van der Waals surface area contributed by atoms with Crippen LogP contribution in [0, 0.1) is 6.92 Å². The third-order valence-electron chi connectivity index (χ3n) is 3.40. The summed E-state index contributed by atoms with van der Waals surface area (Å²) in [5, 5.41) is 10.3. The van der Waals surface area contributed by atoms with Crippen LogP contribution in [0.2, 0.25) is 0 Å². The molecule has 0 saturated carbocycles. The molecule has 0 radical (unpaired) electrons. The Morgan fingerprint density at radius 3 is 2.19 bits per heavy atom. The van der Waals surface area contributed by atoms with Gasteiger partial charge in [0, 0.05) is 11.1 Å². The molecule has 0 saturated heterocycles. The van der Waals surface area contributed by atoms with E-state index in [1.54, 1.807) is 0 Å². The lowest BCUT2D eigenvalue weighted by Crippen LogP contribution is -3.00. The lowest BCUT2D eigenvalue weighted by atomic mass is 10.0. The Labute approximate surface area is 143 Å². The molecule has 1 aliphatic rings. The second kappa shape index (κ2) is 6.36. The first-order valence-corrected chi connectivity index (χ1v) is 6.87. The standard InChI is InChI=1S/C15H24N2O3.HI/c1-10-14(18)12-9-20-15(2,3)19-8-11(12)13(16-10)7-17(4,5)6;/h7-9H2,1-6H3;1H. The van der Waals surface area contributed by atoms with Crippen LogP contribution in [-0.2, 0) is 29.2 Å². The predicted octanol–water partition coefficient (Wildman–Crippen LogP) is -0.911. The third kappa shape index (κ3) is 4.51. The summed E-state index contributed by atoms with van der Waals surface area (Å²) in [4.78, 5) is 4.56. The van der Waals surface area contributed by atoms with E-state index in [-0.39, 0.29) is 29.7 Å². The van der Waals surface area contributed by atoms with Crippen LogP contribution in [0.3, 0.4) is 0 Å². The van der Waals surface area contributed by atoms with Crippen LogP contribution in [0.5, 0.6) is 5.75 Å². The Morgan fingerprint density at radius 2 is 1.67 bits per heavy atom. The van der Waals surface area contributed by atoms with Gasteiger partial charge in [-0.1, -0.05) is 0 Å². The molecule has 0 aliphatic carbocycles. The normalized spacial score (nSPS) is 17.6. The molecule has 1 N–H and O–H groups in total. The number of hydrogen-bond acceptors (Lipinski definition) is 4. The number of rotatable bonds is 2. The van der Waals surface area contributed by atoms with Crippen molar-refractivity contribution in [2.75, 3.05) is 21.1 Å². The molecule has 120 valence electrons. The van der Waals surface area contributed by atoms with Gasteiger partial charge >= 0.3 is 0 Å². The molecule has 5 nitrogen and oxygen atoms in total. The predicted molar refractivity (Wildman–Crippen MR) is 76.0 cm³/mol. The van der Waals surface area contributed by atoms with Crippen LogP contribution < -0.4 is 24.0 Å². The molecule has 0 fully saturated rings. The summed E-state index contributed by atoms with van der Waals surface area (Å²) >= 11 is 0. The molecule has 2 rings (SSSR count). The molecule has 0 aromatic carbocycles. The minimum Gasteiger partial charge on any atom is -1.00 e. The lowest BCUT2D eigenvalue weighted by Gasteiger charge is -2.25. The Morgan fingerprint density at radius 1 is 1.14 bits per heavy atom. The highest BCUT2D eigenvalue weighted by Crippen LogP contribution is 2.33. The topological polar surface area (TPSA) is 51.6 Å². The van der Waals surface area contributed by atoms with Crippen molar-refractivity contribution < 1.29 is 43.0 Å². The zero-order valence-corrected chi connectivity index (χ0v) is 15.8. The van der Waals surface area contributed by atoms with Crippen LogP contribution in [0.15, 0.2) is 0 Å². The summed E-state index contributed by atoms with van der Waals surface area (Å²) in [7, 11) is 6.36. The van der Waals surface area contributed by atoms with Gasteiger partial charge in [0.1, 0.15) is 18.0 Å². The highest BCUT2D eigenvalue weighted by Gasteiger charge is 2.29. The summed E-state index contributed by atoms with van der Waals surface area (Å²) in [6, 6.07) is 0. The third-order valence-corrected chi connectivity index (χ3v) is 3.40. The average molecular weight is 408 g/mol. The number of halogens is 1. The Kier molecular flexibility index (Phi) is 5.63. The highest BCUT2D eigenvalue weighted by molar-refractivity contribution is 5.44. The first-order chi connectivity index (χ1) is 9.09. The van der Waals surface area contributed by atoms with Gasteiger partial charge < -0.3 is 43.0 Å². The number of aromatic nitrogens is 1. The van der Waals surface area contributed by atoms with Crippen molar-refractivity contribution in [2.45, 2.75) is 46.3 Å². The summed E-state index contributed by atoms with van der Waals surface area (Å²) < 4.78 is 12.3. The molecule has 0 spiro atoms.